The summed E-state index contributed by atoms with van der Waals surface area (Å²) in [5.74, 6) is 0.727. The zero-order chi connectivity index (χ0) is 23.9. The molecule has 4 aromatic heterocycles. The molecule has 0 unspecified atom stereocenters. The Kier molecular flexibility index (Phi) is 24.5. The van der Waals surface area contributed by atoms with Gasteiger partial charge in [0.2, 0.25) is 0 Å². The predicted octanol–water partition coefficient (Wildman–Crippen LogP) is 9.41. The number of Topliss-reactive ketones (excluding diaryl/α,β-unsaturated/α-hetero) is 4. The van der Waals surface area contributed by atoms with Crippen LogP contribution in [0.15, 0.2) is 80.2 Å². The van der Waals surface area contributed by atoms with E-state index in [0.717, 1.165) is 10.4 Å². The highest BCUT2D eigenvalue weighted by Crippen LogP contribution is 2.08. The number of hydrogen-bond donors (Lipinski definition) is 0. The number of thiophene rings is 2. The van der Waals surface area contributed by atoms with Crippen molar-refractivity contribution in [3.05, 3.63) is 93.1 Å². The monoisotopic (exact) mass is 536 g/mol. The van der Waals surface area contributed by atoms with Crippen LogP contribution in [0.5, 0.6) is 0 Å². The van der Waals surface area contributed by atoms with Crippen molar-refractivity contribution in [1.29, 1.82) is 0 Å². The molecule has 0 aliphatic rings. The number of furan rings is 2. The van der Waals surface area contributed by atoms with Gasteiger partial charge in [0.15, 0.2) is 28.9 Å². The zero-order valence-corrected chi connectivity index (χ0v) is 19.8. The summed E-state index contributed by atoms with van der Waals surface area (Å²) in [4.78, 5) is 42.7. The second kappa shape index (κ2) is 22.1. The average molecular weight is 537 g/mol. The molecule has 0 aromatic carbocycles. The Hall–Kier alpha value is -3.36. The average Bonchev–Trinajstić information content (AvgIpc) is 3.56. The van der Waals surface area contributed by atoms with Crippen LogP contribution in [-0.4, -0.2) is 23.1 Å². The van der Waals surface area contributed by atoms with Gasteiger partial charge < -0.3 is 8.83 Å². The highest BCUT2D eigenvalue weighted by Gasteiger charge is 1.98. The molecule has 0 atom stereocenters. The van der Waals surface area contributed by atoms with Gasteiger partial charge in [-0.1, -0.05) is 35.8 Å². The molecule has 0 saturated carbocycles. The first kappa shape index (κ1) is 39.8. The van der Waals surface area contributed by atoms with E-state index in [-0.39, 0.29) is 52.8 Å². The van der Waals surface area contributed by atoms with Crippen LogP contribution < -0.4 is 0 Å². The molecule has 4 rings (SSSR count). The summed E-state index contributed by atoms with van der Waals surface area (Å²) in [6, 6.07) is 10.5. The minimum Gasteiger partial charge on any atom is -0.472 e. The summed E-state index contributed by atoms with van der Waals surface area (Å²) >= 11 is 3.03. The van der Waals surface area contributed by atoms with Crippen molar-refractivity contribution in [3.63, 3.8) is 0 Å². The normalized spacial score (nSPS) is 8.11. The first-order valence-corrected chi connectivity index (χ1v) is 11.2. The van der Waals surface area contributed by atoms with E-state index in [1.807, 2.05) is 34.3 Å². The summed E-state index contributed by atoms with van der Waals surface area (Å²) in [6.45, 7) is 6.12. The Balaban J connectivity index is -0.000000183. The van der Waals surface area contributed by atoms with Crippen LogP contribution in [0, 0.1) is 0 Å². The van der Waals surface area contributed by atoms with Gasteiger partial charge in [0.05, 0.1) is 23.0 Å². The Morgan fingerprint density at radius 1 is 0.667 bits per heavy atom. The molecule has 8 heteroatoms. The Bertz CT molecular complexity index is 883. The van der Waals surface area contributed by atoms with Crippen molar-refractivity contribution >= 4 is 45.8 Å². The highest BCUT2D eigenvalue weighted by molar-refractivity contribution is 7.12. The molecular weight excluding hydrogens is 496 g/mol. The summed E-state index contributed by atoms with van der Waals surface area (Å²) in [5, 5.41) is 5.65. The standard InChI is InChI=1S/2C6H6O2.2C6H6OS.4CH4/c1-5(7)6-2-3-8-4-6;1-5(7)6-3-2-4-8-6;1-5(7)6-2-3-8-4-6;1-5(7)6-3-2-4-8-6;;;;/h4*2-4H,1H3;4*1H4. The van der Waals surface area contributed by atoms with Crippen LogP contribution in [0.3, 0.4) is 0 Å². The summed E-state index contributed by atoms with van der Waals surface area (Å²) in [5.41, 5.74) is 1.44. The Morgan fingerprint density at radius 3 is 1.53 bits per heavy atom. The first-order valence-electron chi connectivity index (χ1n) is 9.37. The molecule has 0 radical (unpaired) electrons. The maximum Gasteiger partial charge on any atom is 0.194 e. The third kappa shape index (κ3) is 16.3. The fraction of sp³-hybridized carbons (Fsp3) is 0.286. The minimum absolute atomic E-state index is 0. The van der Waals surface area contributed by atoms with E-state index in [4.69, 9.17) is 4.42 Å². The number of carbonyl (C=O) groups excluding carboxylic acids is 4. The maximum absolute atomic E-state index is 10.5. The van der Waals surface area contributed by atoms with Gasteiger partial charge in [-0.2, -0.15) is 11.3 Å². The lowest BCUT2D eigenvalue weighted by molar-refractivity contribution is 0.0983. The molecular formula is C28H40O6S2. The Labute approximate surface area is 224 Å². The third-order valence-corrected chi connectivity index (χ3v) is 5.25. The van der Waals surface area contributed by atoms with Gasteiger partial charge in [-0.15, -0.1) is 11.3 Å². The number of ketones is 4. The first-order chi connectivity index (χ1) is 15.2. The lowest BCUT2D eigenvalue weighted by atomic mass is 10.2. The van der Waals surface area contributed by atoms with E-state index in [1.165, 1.54) is 44.0 Å². The van der Waals surface area contributed by atoms with Gasteiger partial charge >= 0.3 is 0 Å². The second-order valence-electron chi connectivity index (χ2n) is 6.20. The molecule has 0 fully saturated rings. The van der Waals surface area contributed by atoms with E-state index in [1.54, 1.807) is 43.4 Å². The summed E-state index contributed by atoms with van der Waals surface area (Å²) in [7, 11) is 0. The molecule has 0 aliphatic heterocycles. The van der Waals surface area contributed by atoms with Gasteiger partial charge in [-0.25, -0.2) is 0 Å². The molecule has 0 bridgehead atoms. The SMILES string of the molecule is C.C.C.C.CC(=O)c1ccco1.CC(=O)c1cccs1.CC(=O)c1ccoc1.CC(=O)c1ccsc1. The van der Waals surface area contributed by atoms with Gasteiger partial charge in [0, 0.05) is 17.9 Å². The Morgan fingerprint density at radius 2 is 1.31 bits per heavy atom. The molecule has 0 aliphatic carbocycles. The largest absolute Gasteiger partial charge is 0.472 e. The van der Waals surface area contributed by atoms with Gasteiger partial charge in [-0.05, 0) is 61.9 Å². The number of carbonyl (C=O) groups is 4. The molecule has 4 aromatic rings. The van der Waals surface area contributed by atoms with Crippen LogP contribution >= 0.6 is 22.7 Å². The van der Waals surface area contributed by atoms with Crippen LogP contribution in [0.1, 0.15) is 98.3 Å². The minimum atomic E-state index is -0.0324. The van der Waals surface area contributed by atoms with Crippen LogP contribution in [0.2, 0.25) is 0 Å². The van der Waals surface area contributed by atoms with Gasteiger partial charge in [-0.3, -0.25) is 19.2 Å². The van der Waals surface area contributed by atoms with E-state index >= 15 is 0 Å². The van der Waals surface area contributed by atoms with Crippen molar-refractivity contribution in [2.24, 2.45) is 0 Å². The third-order valence-electron chi connectivity index (χ3n) is 3.59. The maximum atomic E-state index is 10.5. The molecule has 4 heterocycles. The quantitative estimate of drug-likeness (QED) is 0.241. The van der Waals surface area contributed by atoms with Crippen molar-refractivity contribution in [2.75, 3.05) is 0 Å². The number of hydrogen-bond acceptors (Lipinski definition) is 8. The molecule has 200 valence electrons. The molecule has 6 nitrogen and oxygen atoms in total. The fourth-order valence-electron chi connectivity index (χ4n) is 1.89. The smallest absolute Gasteiger partial charge is 0.194 e. The van der Waals surface area contributed by atoms with Crippen molar-refractivity contribution in [2.45, 2.75) is 57.4 Å². The van der Waals surface area contributed by atoms with E-state index in [9.17, 15) is 19.2 Å². The van der Waals surface area contributed by atoms with Gasteiger partial charge in [0.25, 0.3) is 0 Å². The van der Waals surface area contributed by atoms with Crippen LogP contribution in [0.4, 0.5) is 0 Å². The second-order valence-corrected chi connectivity index (χ2v) is 7.93. The molecule has 36 heavy (non-hydrogen) atoms. The van der Waals surface area contributed by atoms with Crippen LogP contribution in [0.25, 0.3) is 0 Å². The predicted molar refractivity (Wildman–Crippen MR) is 153 cm³/mol. The fourth-order valence-corrected chi connectivity index (χ4v) is 3.21. The lowest BCUT2D eigenvalue weighted by Gasteiger charge is -1.80. The topological polar surface area (TPSA) is 94.6 Å². The van der Waals surface area contributed by atoms with E-state index in [0.29, 0.717) is 11.3 Å². The van der Waals surface area contributed by atoms with Crippen LogP contribution in [-0.2, 0) is 0 Å². The summed E-state index contributed by atoms with van der Waals surface area (Å²) in [6.07, 6.45) is 4.40. The summed E-state index contributed by atoms with van der Waals surface area (Å²) < 4.78 is 9.40. The number of rotatable bonds is 4. The zero-order valence-electron chi connectivity index (χ0n) is 18.2. The molecule has 0 spiro atoms. The van der Waals surface area contributed by atoms with Crippen molar-refractivity contribution < 1.29 is 28.0 Å². The van der Waals surface area contributed by atoms with E-state index < -0.39 is 0 Å². The van der Waals surface area contributed by atoms with Crippen molar-refractivity contribution in [3.8, 4) is 0 Å². The molecule has 0 N–H and O–H groups in total. The van der Waals surface area contributed by atoms with E-state index in [2.05, 4.69) is 4.42 Å². The highest BCUT2D eigenvalue weighted by atomic mass is 32.1. The molecule has 0 saturated heterocycles. The van der Waals surface area contributed by atoms with Crippen molar-refractivity contribution in [1.82, 2.24) is 0 Å². The molecule has 0 amide bonds. The van der Waals surface area contributed by atoms with Gasteiger partial charge in [0.1, 0.15) is 6.26 Å². The lowest BCUT2D eigenvalue weighted by Crippen LogP contribution is -1.85.